The van der Waals surface area contributed by atoms with Crippen LogP contribution in [0.2, 0.25) is 0 Å². The van der Waals surface area contributed by atoms with E-state index in [1.807, 2.05) is 0 Å². The SMILES string of the molecule is COCCOc1ccc(C(=O)Nc2ccc(/C=C/c3ccc(NC(=O)c4ccc(S(C)(=O)=O)cc4)cc3S(=O)(=O)O)c(S(=O)(=O)O)c2)cc1. The third-order valence-electron chi connectivity index (χ3n) is 6.76. The summed E-state index contributed by atoms with van der Waals surface area (Å²) in [6, 6.07) is 18.3. The number of carbonyl (C=O) groups excluding carboxylic acids is 2. The highest BCUT2D eigenvalue weighted by atomic mass is 32.2. The van der Waals surface area contributed by atoms with Crippen molar-refractivity contribution in [2.45, 2.75) is 14.7 Å². The number of hydrogen-bond donors (Lipinski definition) is 4. The minimum absolute atomic E-state index is 0.00300. The monoisotopic (exact) mass is 730 g/mol. The van der Waals surface area contributed by atoms with Gasteiger partial charge in [-0.2, -0.15) is 16.8 Å². The molecule has 0 unspecified atom stereocenters. The second-order valence-electron chi connectivity index (χ2n) is 10.4. The van der Waals surface area contributed by atoms with Gasteiger partial charge in [0, 0.05) is 35.9 Å². The molecule has 0 aliphatic heterocycles. The van der Waals surface area contributed by atoms with Gasteiger partial charge in [-0.1, -0.05) is 24.3 Å². The Hall–Kier alpha value is -4.91. The Morgan fingerprint density at radius 1 is 0.653 bits per heavy atom. The Morgan fingerprint density at radius 2 is 1.08 bits per heavy atom. The molecule has 0 aliphatic rings. The van der Waals surface area contributed by atoms with Crippen LogP contribution in [-0.4, -0.2) is 72.8 Å². The predicted octanol–water partition coefficient (Wildman–Crippen LogP) is 4.28. The van der Waals surface area contributed by atoms with Crippen LogP contribution in [0.4, 0.5) is 11.4 Å². The molecular weight excluding hydrogens is 701 g/mol. The Morgan fingerprint density at radius 3 is 1.47 bits per heavy atom. The molecule has 0 aromatic heterocycles. The molecule has 14 nitrogen and oxygen atoms in total. The first kappa shape index (κ1) is 36.9. The minimum atomic E-state index is -4.87. The van der Waals surface area contributed by atoms with Crippen LogP contribution in [0.1, 0.15) is 31.8 Å². The zero-order valence-electron chi connectivity index (χ0n) is 25.9. The maximum Gasteiger partial charge on any atom is 0.295 e. The second-order valence-corrected chi connectivity index (χ2v) is 15.2. The fourth-order valence-corrected chi connectivity index (χ4v) is 6.38. The smallest absolute Gasteiger partial charge is 0.295 e. The van der Waals surface area contributed by atoms with Crippen LogP contribution in [0.15, 0.2) is 99.6 Å². The van der Waals surface area contributed by atoms with Gasteiger partial charge in [-0.15, -0.1) is 0 Å². The molecular formula is C32H30N2O12S3. The number of hydrogen-bond acceptors (Lipinski definition) is 10. The van der Waals surface area contributed by atoms with Crippen molar-refractivity contribution in [1.82, 2.24) is 0 Å². The van der Waals surface area contributed by atoms with Crippen molar-refractivity contribution in [2.75, 3.05) is 37.2 Å². The van der Waals surface area contributed by atoms with Crippen molar-refractivity contribution in [2.24, 2.45) is 0 Å². The molecule has 0 aliphatic carbocycles. The van der Waals surface area contributed by atoms with Gasteiger partial charge in [-0.05, 0) is 83.9 Å². The Balaban J connectivity index is 1.56. The van der Waals surface area contributed by atoms with Gasteiger partial charge in [0.1, 0.15) is 22.1 Å². The number of ether oxygens (including phenoxy) is 2. The molecule has 0 radical (unpaired) electrons. The molecule has 4 aromatic carbocycles. The van der Waals surface area contributed by atoms with Crippen molar-refractivity contribution >= 4 is 65.4 Å². The van der Waals surface area contributed by atoms with E-state index < -0.39 is 51.7 Å². The number of carbonyl (C=O) groups is 2. The van der Waals surface area contributed by atoms with Gasteiger partial charge in [-0.25, -0.2) is 8.42 Å². The molecule has 4 N–H and O–H groups in total. The molecule has 0 fully saturated rings. The molecule has 0 saturated carbocycles. The summed E-state index contributed by atoms with van der Waals surface area (Å²) in [6.07, 6.45) is 3.34. The third-order valence-corrected chi connectivity index (χ3v) is 9.71. The topological polar surface area (TPSA) is 220 Å². The van der Waals surface area contributed by atoms with Gasteiger partial charge in [0.15, 0.2) is 9.84 Å². The number of rotatable bonds is 13. The lowest BCUT2D eigenvalue weighted by Gasteiger charge is -2.11. The van der Waals surface area contributed by atoms with E-state index in [1.165, 1.54) is 73.8 Å². The number of sulfone groups is 1. The normalized spacial score (nSPS) is 12.1. The summed E-state index contributed by atoms with van der Waals surface area (Å²) in [5, 5.41) is 5.00. The lowest BCUT2D eigenvalue weighted by molar-refractivity contribution is 0.101. The predicted molar refractivity (Wildman–Crippen MR) is 181 cm³/mol. The highest BCUT2D eigenvalue weighted by molar-refractivity contribution is 7.90. The van der Waals surface area contributed by atoms with E-state index in [0.717, 1.165) is 24.5 Å². The largest absolute Gasteiger partial charge is 0.491 e. The molecule has 4 aromatic rings. The Kier molecular flexibility index (Phi) is 11.4. The van der Waals surface area contributed by atoms with Crippen molar-refractivity contribution < 1.29 is 53.4 Å². The maximum absolute atomic E-state index is 12.8. The molecule has 0 atom stereocenters. The van der Waals surface area contributed by atoms with Crippen molar-refractivity contribution in [3.8, 4) is 5.75 Å². The van der Waals surface area contributed by atoms with Gasteiger partial charge in [0.25, 0.3) is 32.1 Å². The first-order chi connectivity index (χ1) is 23.0. The average Bonchev–Trinajstić information content (AvgIpc) is 3.03. The lowest BCUT2D eigenvalue weighted by Crippen LogP contribution is -2.13. The number of amides is 2. The van der Waals surface area contributed by atoms with Gasteiger partial charge in [0.2, 0.25) is 0 Å². The van der Waals surface area contributed by atoms with Crippen LogP contribution in [0.5, 0.6) is 5.75 Å². The molecule has 0 heterocycles. The second kappa shape index (κ2) is 15.1. The van der Waals surface area contributed by atoms with E-state index in [9.17, 15) is 43.9 Å². The zero-order valence-corrected chi connectivity index (χ0v) is 28.3. The van der Waals surface area contributed by atoms with Crippen LogP contribution < -0.4 is 15.4 Å². The molecule has 258 valence electrons. The van der Waals surface area contributed by atoms with Crippen molar-refractivity contribution in [3.63, 3.8) is 0 Å². The van der Waals surface area contributed by atoms with Crippen LogP contribution >= 0.6 is 0 Å². The highest BCUT2D eigenvalue weighted by Gasteiger charge is 2.19. The van der Waals surface area contributed by atoms with E-state index >= 15 is 0 Å². The van der Waals surface area contributed by atoms with Crippen LogP contribution in [0.3, 0.4) is 0 Å². The summed E-state index contributed by atoms with van der Waals surface area (Å²) < 4.78 is 103. The van der Waals surface area contributed by atoms with Gasteiger partial charge >= 0.3 is 0 Å². The molecule has 49 heavy (non-hydrogen) atoms. The summed E-state index contributed by atoms with van der Waals surface area (Å²) in [4.78, 5) is 24.2. The Labute approximate surface area is 282 Å². The molecule has 2 amide bonds. The first-order valence-corrected chi connectivity index (χ1v) is 18.8. The minimum Gasteiger partial charge on any atom is -0.491 e. The van der Waals surface area contributed by atoms with Crippen molar-refractivity contribution in [1.29, 1.82) is 0 Å². The number of anilines is 2. The van der Waals surface area contributed by atoms with Crippen LogP contribution in [-0.2, 0) is 34.8 Å². The molecule has 4 rings (SSSR count). The van der Waals surface area contributed by atoms with E-state index in [0.29, 0.717) is 19.0 Å². The Bertz CT molecular complexity index is 2230. The summed E-state index contributed by atoms with van der Waals surface area (Å²) >= 11 is 0. The fourth-order valence-electron chi connectivity index (χ4n) is 4.33. The summed E-state index contributed by atoms with van der Waals surface area (Å²) in [7, 11) is -11.7. The summed E-state index contributed by atoms with van der Waals surface area (Å²) in [5.41, 5.74) is 0.108. The highest BCUT2D eigenvalue weighted by Crippen LogP contribution is 2.27. The number of methoxy groups -OCH3 is 1. The van der Waals surface area contributed by atoms with Gasteiger partial charge in [0.05, 0.1) is 11.5 Å². The maximum atomic E-state index is 12.8. The summed E-state index contributed by atoms with van der Waals surface area (Å²) in [6.45, 7) is 0.695. The van der Waals surface area contributed by atoms with E-state index in [2.05, 4.69) is 10.6 Å². The molecule has 0 saturated heterocycles. The van der Waals surface area contributed by atoms with E-state index in [1.54, 1.807) is 12.1 Å². The molecule has 17 heteroatoms. The fraction of sp³-hybridized carbons (Fsp3) is 0.125. The number of benzene rings is 4. The zero-order chi connectivity index (χ0) is 36.0. The third kappa shape index (κ3) is 10.0. The summed E-state index contributed by atoms with van der Waals surface area (Å²) in [5.74, 6) is -0.767. The molecule has 0 bridgehead atoms. The number of nitrogens with one attached hydrogen (secondary N) is 2. The van der Waals surface area contributed by atoms with Gasteiger partial charge < -0.3 is 20.1 Å². The van der Waals surface area contributed by atoms with Gasteiger partial charge in [-0.3, -0.25) is 18.7 Å². The lowest BCUT2D eigenvalue weighted by atomic mass is 10.1. The molecule has 0 spiro atoms. The van der Waals surface area contributed by atoms with E-state index in [-0.39, 0.29) is 38.5 Å². The standard InChI is InChI=1S/C32H30N2O12S3/c1-45-17-18-46-27-13-7-23(8-14-27)31(35)33-25-11-5-21(29(19-25)48(39,40)41)3-4-22-6-12-26(20-30(22)49(42,43)44)34-32(36)24-9-15-28(16-10-24)47(2,37)38/h3-16,19-20H,17-18H2,1-2H3,(H,33,35)(H,34,36)(H,39,40,41)(H,42,43,44)/b4-3+. The van der Waals surface area contributed by atoms with Crippen molar-refractivity contribution in [3.05, 3.63) is 107 Å². The first-order valence-electron chi connectivity index (χ1n) is 14.0. The van der Waals surface area contributed by atoms with E-state index in [4.69, 9.17) is 9.47 Å². The quantitative estimate of drug-likeness (QED) is 0.0861. The average molecular weight is 731 g/mol. The van der Waals surface area contributed by atoms with Crippen LogP contribution in [0, 0.1) is 0 Å². The van der Waals surface area contributed by atoms with Crippen LogP contribution in [0.25, 0.3) is 12.2 Å².